The molecular weight excluding hydrogens is 378 g/mol. The summed E-state index contributed by atoms with van der Waals surface area (Å²) in [6.07, 6.45) is -0.799. The van der Waals surface area contributed by atoms with Crippen molar-refractivity contribution < 1.29 is 22.7 Å². The summed E-state index contributed by atoms with van der Waals surface area (Å²) in [6.45, 7) is 6.04. The molecule has 3 atom stereocenters. The van der Waals surface area contributed by atoms with Crippen LogP contribution in [0.2, 0.25) is 0 Å². The van der Waals surface area contributed by atoms with Crippen LogP contribution in [0.3, 0.4) is 0 Å². The Hall–Kier alpha value is -2.22. The van der Waals surface area contributed by atoms with Gasteiger partial charge in [-0.2, -0.15) is 4.31 Å². The minimum atomic E-state index is -3.72. The number of sulfonamides is 1. The highest BCUT2D eigenvalue weighted by atomic mass is 32.2. The van der Waals surface area contributed by atoms with Gasteiger partial charge in [0.05, 0.1) is 22.7 Å². The topological polar surface area (TPSA) is 72.9 Å². The van der Waals surface area contributed by atoms with Crippen molar-refractivity contribution in [2.75, 3.05) is 13.1 Å². The first-order chi connectivity index (χ1) is 13.3. The van der Waals surface area contributed by atoms with E-state index in [0.717, 1.165) is 5.56 Å². The number of benzene rings is 2. The lowest BCUT2D eigenvalue weighted by Crippen LogP contribution is -2.48. The number of hydrogen-bond donors (Lipinski definition) is 0. The predicted octanol–water partition coefficient (Wildman–Crippen LogP) is 3.40. The molecule has 1 aliphatic rings. The lowest BCUT2D eigenvalue weighted by Gasteiger charge is -2.34. The number of ether oxygens (including phenoxy) is 2. The predicted molar refractivity (Wildman–Crippen MR) is 105 cm³/mol. The van der Waals surface area contributed by atoms with Gasteiger partial charge in [-0.15, -0.1) is 0 Å². The monoisotopic (exact) mass is 403 g/mol. The first kappa shape index (κ1) is 20.5. The van der Waals surface area contributed by atoms with E-state index in [-0.39, 0.29) is 35.8 Å². The molecule has 6 nitrogen and oxygen atoms in total. The maximum Gasteiger partial charge on any atom is 0.338 e. The van der Waals surface area contributed by atoms with Crippen LogP contribution in [-0.4, -0.2) is 44.0 Å². The van der Waals surface area contributed by atoms with E-state index in [0.29, 0.717) is 0 Å². The summed E-state index contributed by atoms with van der Waals surface area (Å²) in [5, 5.41) is 0. The van der Waals surface area contributed by atoms with Gasteiger partial charge in [0.1, 0.15) is 6.10 Å². The Kier molecular flexibility index (Phi) is 6.17. The molecule has 0 unspecified atom stereocenters. The number of esters is 1. The molecule has 0 spiro atoms. The third kappa shape index (κ3) is 4.60. The summed E-state index contributed by atoms with van der Waals surface area (Å²) in [7, 11) is -3.72. The Morgan fingerprint density at radius 1 is 1.07 bits per heavy atom. The molecule has 0 radical (unpaired) electrons. The van der Waals surface area contributed by atoms with Crippen molar-refractivity contribution in [1.29, 1.82) is 0 Å². The second-order valence-electron chi connectivity index (χ2n) is 7.07. The summed E-state index contributed by atoms with van der Waals surface area (Å²) in [5.74, 6) is -0.558. The van der Waals surface area contributed by atoms with Crippen LogP contribution >= 0.6 is 0 Å². The molecule has 150 valence electrons. The molecule has 0 amide bonds. The molecule has 28 heavy (non-hydrogen) atoms. The van der Waals surface area contributed by atoms with E-state index in [1.807, 2.05) is 44.2 Å². The smallest absolute Gasteiger partial charge is 0.338 e. The van der Waals surface area contributed by atoms with Gasteiger partial charge in [-0.25, -0.2) is 13.2 Å². The van der Waals surface area contributed by atoms with Crippen molar-refractivity contribution in [3.05, 3.63) is 65.7 Å². The second kappa shape index (κ2) is 8.43. The number of carbonyl (C=O) groups is 1. The van der Waals surface area contributed by atoms with Crippen LogP contribution in [0.1, 0.15) is 42.8 Å². The van der Waals surface area contributed by atoms with Crippen LogP contribution in [0.15, 0.2) is 59.5 Å². The maximum absolute atomic E-state index is 13.0. The molecule has 0 bridgehead atoms. The van der Waals surface area contributed by atoms with E-state index in [9.17, 15) is 13.2 Å². The minimum absolute atomic E-state index is 0.0793. The van der Waals surface area contributed by atoms with E-state index >= 15 is 0 Å². The van der Waals surface area contributed by atoms with E-state index in [1.54, 1.807) is 19.1 Å². The Labute approximate surface area is 166 Å². The van der Waals surface area contributed by atoms with Gasteiger partial charge >= 0.3 is 5.97 Å². The maximum atomic E-state index is 13.0. The fourth-order valence-corrected chi connectivity index (χ4v) is 4.92. The van der Waals surface area contributed by atoms with Crippen molar-refractivity contribution in [3.63, 3.8) is 0 Å². The van der Waals surface area contributed by atoms with Crippen molar-refractivity contribution >= 4 is 16.0 Å². The molecule has 1 fully saturated rings. The van der Waals surface area contributed by atoms with E-state index < -0.39 is 22.1 Å². The summed E-state index contributed by atoms with van der Waals surface area (Å²) in [4.78, 5) is 12.6. The van der Waals surface area contributed by atoms with Crippen LogP contribution in [-0.2, 0) is 19.5 Å². The number of rotatable bonds is 5. The van der Waals surface area contributed by atoms with Crippen LogP contribution in [0, 0.1) is 0 Å². The van der Waals surface area contributed by atoms with Gasteiger partial charge < -0.3 is 9.47 Å². The average molecular weight is 404 g/mol. The molecule has 0 aromatic heterocycles. The zero-order valence-electron chi connectivity index (χ0n) is 16.2. The standard InChI is InChI=1S/C21H25NO5S/c1-15-13-22(14-16(2)26-15)28(24,25)20-11-7-10-19(12-20)21(23)27-17(3)18-8-5-4-6-9-18/h4-12,15-17H,13-14H2,1-3H3/t15-,16-,17-/m0/s1. The SMILES string of the molecule is C[C@H](OC(=O)c1cccc(S(=O)(=O)N2C[C@H](C)O[C@@H](C)C2)c1)c1ccccc1. The van der Waals surface area contributed by atoms with Crippen molar-refractivity contribution in [3.8, 4) is 0 Å². The van der Waals surface area contributed by atoms with Gasteiger partial charge in [0.2, 0.25) is 10.0 Å². The molecule has 1 aliphatic heterocycles. The highest BCUT2D eigenvalue weighted by Gasteiger charge is 2.32. The van der Waals surface area contributed by atoms with Crippen LogP contribution in [0.5, 0.6) is 0 Å². The van der Waals surface area contributed by atoms with Crippen molar-refractivity contribution in [1.82, 2.24) is 4.31 Å². The Morgan fingerprint density at radius 3 is 2.36 bits per heavy atom. The zero-order valence-corrected chi connectivity index (χ0v) is 17.1. The van der Waals surface area contributed by atoms with Crippen molar-refractivity contribution in [2.45, 2.75) is 44.0 Å². The Bertz CT molecular complexity index is 919. The van der Waals surface area contributed by atoms with Crippen molar-refractivity contribution in [2.24, 2.45) is 0 Å². The molecule has 2 aromatic rings. The molecule has 1 saturated heterocycles. The largest absolute Gasteiger partial charge is 0.454 e. The fraction of sp³-hybridized carbons (Fsp3) is 0.381. The third-order valence-corrected chi connectivity index (χ3v) is 6.47. The molecule has 0 aliphatic carbocycles. The summed E-state index contributed by atoms with van der Waals surface area (Å²) >= 11 is 0. The lowest BCUT2D eigenvalue weighted by molar-refractivity contribution is -0.0440. The number of morpholine rings is 1. The normalized spacial score (nSPS) is 21.8. The molecule has 7 heteroatoms. The van der Waals surface area contributed by atoms with Gasteiger partial charge in [0.25, 0.3) is 0 Å². The molecule has 0 N–H and O–H groups in total. The fourth-order valence-electron chi connectivity index (χ4n) is 3.28. The second-order valence-corrected chi connectivity index (χ2v) is 9.00. The number of nitrogens with zero attached hydrogens (tertiary/aromatic N) is 1. The summed E-state index contributed by atoms with van der Waals surface area (Å²) < 4.78 is 38.6. The minimum Gasteiger partial charge on any atom is -0.454 e. The summed E-state index contributed by atoms with van der Waals surface area (Å²) in [6, 6.07) is 15.4. The van der Waals surface area contributed by atoms with Gasteiger partial charge in [0.15, 0.2) is 0 Å². The zero-order chi connectivity index (χ0) is 20.3. The van der Waals surface area contributed by atoms with E-state index in [4.69, 9.17) is 9.47 Å². The van der Waals surface area contributed by atoms with Crippen LogP contribution < -0.4 is 0 Å². The average Bonchev–Trinajstić information content (AvgIpc) is 2.68. The van der Waals surface area contributed by atoms with Gasteiger partial charge in [-0.1, -0.05) is 36.4 Å². The van der Waals surface area contributed by atoms with E-state index in [1.165, 1.54) is 16.4 Å². The molecule has 0 saturated carbocycles. The third-order valence-electron chi connectivity index (χ3n) is 4.65. The van der Waals surface area contributed by atoms with Gasteiger partial charge in [-0.05, 0) is 44.5 Å². The lowest BCUT2D eigenvalue weighted by atomic mass is 10.1. The van der Waals surface area contributed by atoms with E-state index in [2.05, 4.69) is 0 Å². The molecule has 3 rings (SSSR count). The molecule has 1 heterocycles. The first-order valence-corrected chi connectivity index (χ1v) is 10.7. The highest BCUT2D eigenvalue weighted by Crippen LogP contribution is 2.23. The van der Waals surface area contributed by atoms with Crippen LogP contribution in [0.25, 0.3) is 0 Å². The highest BCUT2D eigenvalue weighted by molar-refractivity contribution is 7.89. The first-order valence-electron chi connectivity index (χ1n) is 9.29. The Balaban J connectivity index is 1.78. The summed E-state index contributed by atoms with van der Waals surface area (Å²) in [5.41, 5.74) is 1.08. The number of hydrogen-bond acceptors (Lipinski definition) is 5. The van der Waals surface area contributed by atoms with Gasteiger partial charge in [-0.3, -0.25) is 0 Å². The quantitative estimate of drug-likeness (QED) is 0.716. The Morgan fingerprint density at radius 2 is 1.71 bits per heavy atom. The molecule has 2 aromatic carbocycles. The van der Waals surface area contributed by atoms with Crippen LogP contribution in [0.4, 0.5) is 0 Å². The molecular formula is C21H25NO5S. The number of carbonyl (C=O) groups excluding carboxylic acids is 1. The van der Waals surface area contributed by atoms with Gasteiger partial charge in [0, 0.05) is 13.1 Å².